The van der Waals surface area contributed by atoms with E-state index in [0.717, 1.165) is 18.9 Å². The average Bonchev–Trinajstić information content (AvgIpc) is 3.08. The Hall–Kier alpha value is -1.67. The summed E-state index contributed by atoms with van der Waals surface area (Å²) < 4.78 is 7.69. The number of Topliss-reactive ketones (excluding diaryl/α,β-unsaturated/α-hetero) is 1. The predicted octanol–water partition coefficient (Wildman–Crippen LogP) is 3.14. The SMILES string of the molecule is CC(=O)Cc1cn(COCC[Si](C)(C)C)c(C2CCCN2C(=O)O)n1. The number of imidazole rings is 1. The van der Waals surface area contributed by atoms with Gasteiger partial charge in [-0.25, -0.2) is 9.78 Å². The van der Waals surface area contributed by atoms with E-state index >= 15 is 0 Å². The molecule has 1 saturated heterocycles. The van der Waals surface area contributed by atoms with Crippen molar-refractivity contribution >= 4 is 20.0 Å². The second-order valence-corrected chi connectivity index (χ2v) is 13.5. The molecular formula is C17H29N3O4Si. The van der Waals surface area contributed by atoms with Gasteiger partial charge in [0.1, 0.15) is 18.3 Å². The van der Waals surface area contributed by atoms with Gasteiger partial charge < -0.3 is 14.4 Å². The number of carbonyl (C=O) groups excluding carboxylic acids is 1. The van der Waals surface area contributed by atoms with Gasteiger partial charge in [-0.3, -0.25) is 9.69 Å². The Bertz CT molecular complexity index is 624. The number of likely N-dealkylation sites (tertiary alicyclic amines) is 1. The minimum atomic E-state index is -1.16. The highest BCUT2D eigenvalue weighted by Gasteiger charge is 2.33. The number of ether oxygens (including phenoxy) is 1. The van der Waals surface area contributed by atoms with Crippen molar-refractivity contribution in [3.8, 4) is 0 Å². The van der Waals surface area contributed by atoms with Gasteiger partial charge in [0.25, 0.3) is 0 Å². The van der Waals surface area contributed by atoms with Crippen molar-refractivity contribution in [1.82, 2.24) is 14.5 Å². The molecule has 0 spiro atoms. The normalized spacial score (nSPS) is 17.9. The Balaban J connectivity index is 2.14. The second kappa shape index (κ2) is 8.14. The Morgan fingerprint density at radius 3 is 2.72 bits per heavy atom. The van der Waals surface area contributed by atoms with Crippen LogP contribution in [0.3, 0.4) is 0 Å². The van der Waals surface area contributed by atoms with Crippen LogP contribution in [0.1, 0.15) is 37.3 Å². The molecule has 7 nitrogen and oxygen atoms in total. The lowest BCUT2D eigenvalue weighted by Crippen LogP contribution is -2.30. The maximum absolute atomic E-state index is 11.5. The van der Waals surface area contributed by atoms with E-state index in [9.17, 15) is 14.7 Å². The molecule has 0 saturated carbocycles. The predicted molar refractivity (Wildman–Crippen MR) is 97.4 cm³/mol. The third kappa shape index (κ3) is 5.67. The molecule has 2 heterocycles. The van der Waals surface area contributed by atoms with Crippen molar-refractivity contribution in [3.05, 3.63) is 17.7 Å². The zero-order chi connectivity index (χ0) is 18.6. The molecule has 1 fully saturated rings. The van der Waals surface area contributed by atoms with Gasteiger partial charge in [0.05, 0.1) is 11.7 Å². The Labute approximate surface area is 150 Å². The van der Waals surface area contributed by atoms with Crippen LogP contribution in [0.15, 0.2) is 6.20 Å². The highest BCUT2D eigenvalue weighted by molar-refractivity contribution is 6.76. The van der Waals surface area contributed by atoms with Crippen molar-refractivity contribution in [2.24, 2.45) is 0 Å². The largest absolute Gasteiger partial charge is 0.465 e. The van der Waals surface area contributed by atoms with Crippen LogP contribution in [0.5, 0.6) is 0 Å². The summed E-state index contributed by atoms with van der Waals surface area (Å²) in [6.07, 6.45) is 2.73. The summed E-state index contributed by atoms with van der Waals surface area (Å²) in [5.41, 5.74) is 0.675. The van der Waals surface area contributed by atoms with Crippen molar-refractivity contribution in [2.75, 3.05) is 13.2 Å². The van der Waals surface area contributed by atoms with Gasteiger partial charge in [-0.2, -0.15) is 0 Å². The topological polar surface area (TPSA) is 84.7 Å². The summed E-state index contributed by atoms with van der Waals surface area (Å²) in [5.74, 6) is 0.724. The van der Waals surface area contributed by atoms with E-state index in [2.05, 4.69) is 24.6 Å². The second-order valence-electron chi connectivity index (χ2n) is 7.92. The van der Waals surface area contributed by atoms with Gasteiger partial charge >= 0.3 is 6.09 Å². The molecule has 1 aromatic heterocycles. The monoisotopic (exact) mass is 367 g/mol. The van der Waals surface area contributed by atoms with Crippen molar-refractivity contribution in [2.45, 2.75) is 64.6 Å². The molecule has 2 rings (SSSR count). The molecule has 0 bridgehead atoms. The number of rotatable bonds is 8. The number of aromatic nitrogens is 2. The van der Waals surface area contributed by atoms with E-state index in [-0.39, 0.29) is 18.2 Å². The standard InChI is InChI=1S/C17H29N3O4Si/c1-13(21)10-14-11-19(12-24-8-9-25(2,3)4)16(18-14)15-6-5-7-20(15)17(22)23/h11,15H,5-10,12H2,1-4H3,(H,22,23). The number of amides is 1. The summed E-state index contributed by atoms with van der Waals surface area (Å²) in [6, 6.07) is 0.806. The Kier molecular flexibility index (Phi) is 6.40. The third-order valence-corrected chi connectivity index (χ3v) is 6.01. The molecule has 1 aliphatic rings. The molecule has 1 aromatic rings. The van der Waals surface area contributed by atoms with Crippen LogP contribution in [0.2, 0.25) is 25.7 Å². The molecule has 0 radical (unpaired) electrons. The Morgan fingerprint density at radius 2 is 2.12 bits per heavy atom. The summed E-state index contributed by atoms with van der Waals surface area (Å²) in [7, 11) is -1.16. The lowest BCUT2D eigenvalue weighted by molar-refractivity contribution is -0.116. The fourth-order valence-corrected chi connectivity index (χ4v) is 3.76. The zero-order valence-corrected chi connectivity index (χ0v) is 16.6. The molecular weight excluding hydrogens is 338 g/mol. The highest BCUT2D eigenvalue weighted by atomic mass is 28.3. The number of carboxylic acid groups (broad SMARTS) is 1. The first kappa shape index (κ1) is 19.6. The van der Waals surface area contributed by atoms with Gasteiger partial charge in [0, 0.05) is 33.8 Å². The van der Waals surface area contributed by atoms with Crippen LogP contribution in [0, 0.1) is 0 Å². The fraction of sp³-hybridized carbons (Fsp3) is 0.706. The van der Waals surface area contributed by atoms with Crippen LogP contribution < -0.4 is 0 Å². The number of hydrogen-bond donors (Lipinski definition) is 1. The highest BCUT2D eigenvalue weighted by Crippen LogP contribution is 2.31. The summed E-state index contributed by atoms with van der Waals surface area (Å²) in [5, 5.41) is 9.40. The van der Waals surface area contributed by atoms with Crippen LogP contribution in [-0.2, 0) is 22.7 Å². The van der Waals surface area contributed by atoms with Crippen molar-refractivity contribution in [3.63, 3.8) is 0 Å². The zero-order valence-electron chi connectivity index (χ0n) is 15.6. The number of carbonyl (C=O) groups is 2. The van der Waals surface area contributed by atoms with Crippen LogP contribution >= 0.6 is 0 Å². The van der Waals surface area contributed by atoms with E-state index in [0.29, 0.717) is 31.4 Å². The molecule has 8 heteroatoms. The summed E-state index contributed by atoms with van der Waals surface area (Å²) in [4.78, 5) is 28.9. The van der Waals surface area contributed by atoms with Crippen LogP contribution in [-0.4, -0.2) is 52.7 Å². The number of nitrogens with zero attached hydrogens (tertiary/aromatic N) is 3. The molecule has 1 N–H and O–H groups in total. The maximum atomic E-state index is 11.5. The molecule has 1 unspecified atom stereocenters. The molecule has 25 heavy (non-hydrogen) atoms. The molecule has 1 amide bonds. The van der Waals surface area contributed by atoms with Crippen molar-refractivity contribution in [1.29, 1.82) is 0 Å². The van der Waals surface area contributed by atoms with Gasteiger partial charge in [-0.05, 0) is 25.8 Å². The van der Waals surface area contributed by atoms with Gasteiger partial charge in [0.15, 0.2) is 0 Å². The molecule has 0 aliphatic carbocycles. The Morgan fingerprint density at radius 1 is 1.40 bits per heavy atom. The summed E-state index contributed by atoms with van der Waals surface area (Å²) in [6.45, 7) is 9.97. The smallest absolute Gasteiger partial charge is 0.407 e. The number of hydrogen-bond acceptors (Lipinski definition) is 4. The van der Waals surface area contributed by atoms with E-state index in [1.165, 1.54) is 11.8 Å². The van der Waals surface area contributed by atoms with E-state index < -0.39 is 14.2 Å². The molecule has 0 aromatic carbocycles. The first-order valence-corrected chi connectivity index (χ1v) is 12.5. The van der Waals surface area contributed by atoms with Crippen LogP contribution in [0.25, 0.3) is 0 Å². The minimum Gasteiger partial charge on any atom is -0.465 e. The first-order chi connectivity index (χ1) is 11.7. The average molecular weight is 368 g/mol. The summed E-state index contributed by atoms with van der Waals surface area (Å²) >= 11 is 0. The molecule has 1 atom stereocenters. The lowest BCUT2D eigenvalue weighted by atomic mass is 10.2. The quantitative estimate of drug-likeness (QED) is 0.563. The lowest BCUT2D eigenvalue weighted by Gasteiger charge is -2.22. The van der Waals surface area contributed by atoms with Crippen LogP contribution in [0.4, 0.5) is 4.79 Å². The maximum Gasteiger partial charge on any atom is 0.407 e. The minimum absolute atomic E-state index is 0.0392. The van der Waals surface area contributed by atoms with Gasteiger partial charge in [0.2, 0.25) is 0 Å². The third-order valence-electron chi connectivity index (χ3n) is 4.31. The van der Waals surface area contributed by atoms with E-state index in [4.69, 9.17) is 4.74 Å². The van der Waals surface area contributed by atoms with Crippen molar-refractivity contribution < 1.29 is 19.4 Å². The molecule has 140 valence electrons. The molecule has 1 aliphatic heterocycles. The van der Waals surface area contributed by atoms with Gasteiger partial charge in [-0.15, -0.1) is 0 Å². The van der Waals surface area contributed by atoms with Gasteiger partial charge in [-0.1, -0.05) is 19.6 Å². The fourth-order valence-electron chi connectivity index (χ4n) is 3.00. The van der Waals surface area contributed by atoms with E-state index in [1.54, 1.807) is 0 Å². The first-order valence-electron chi connectivity index (χ1n) is 8.80. The number of ketones is 1. The van der Waals surface area contributed by atoms with E-state index in [1.807, 2.05) is 10.8 Å².